The number of benzene rings is 1. The van der Waals surface area contributed by atoms with Crippen LogP contribution in [0.25, 0.3) is 0 Å². The summed E-state index contributed by atoms with van der Waals surface area (Å²) in [5.41, 5.74) is 3.67. The van der Waals surface area contributed by atoms with E-state index in [1.54, 1.807) is 0 Å². The van der Waals surface area contributed by atoms with Gasteiger partial charge in [-0.3, -0.25) is 0 Å². The zero-order chi connectivity index (χ0) is 15.4. The van der Waals surface area contributed by atoms with Gasteiger partial charge in [-0.1, -0.05) is 45.0 Å². The van der Waals surface area contributed by atoms with Gasteiger partial charge in [-0.2, -0.15) is 0 Å². The topological polar surface area (TPSA) is 38.1 Å². The van der Waals surface area contributed by atoms with Crippen LogP contribution in [0.15, 0.2) is 28.7 Å². The summed E-state index contributed by atoms with van der Waals surface area (Å²) in [6.07, 6.45) is 1.08. The number of hydrogen-bond acceptors (Lipinski definition) is 3. The molecule has 0 fully saturated rings. The van der Waals surface area contributed by atoms with E-state index in [0.717, 1.165) is 23.8 Å². The molecule has 114 valence electrons. The van der Waals surface area contributed by atoms with Gasteiger partial charge in [-0.25, -0.2) is 4.98 Å². The number of aryl methyl sites for hydroxylation is 3. The quantitative estimate of drug-likeness (QED) is 0.858. The highest BCUT2D eigenvalue weighted by Crippen LogP contribution is 2.23. The summed E-state index contributed by atoms with van der Waals surface area (Å²) in [7, 11) is 0. The van der Waals surface area contributed by atoms with E-state index < -0.39 is 0 Å². The van der Waals surface area contributed by atoms with Crippen LogP contribution in [-0.4, -0.2) is 4.98 Å². The lowest BCUT2D eigenvalue weighted by Crippen LogP contribution is -2.25. The number of oxazole rings is 1. The lowest BCUT2D eigenvalue weighted by Gasteiger charge is -2.22. The minimum Gasteiger partial charge on any atom is -0.444 e. The molecule has 0 amide bonds. The molecule has 3 heteroatoms. The Kier molecular flexibility index (Phi) is 5.18. The maximum atomic E-state index is 5.64. The van der Waals surface area contributed by atoms with Crippen molar-refractivity contribution in [2.24, 2.45) is 5.92 Å². The third kappa shape index (κ3) is 3.94. The fourth-order valence-electron chi connectivity index (χ4n) is 2.51. The molecule has 0 bridgehead atoms. The zero-order valence-electron chi connectivity index (χ0n) is 13.7. The van der Waals surface area contributed by atoms with Crippen molar-refractivity contribution in [3.63, 3.8) is 0 Å². The Morgan fingerprint density at radius 3 is 2.29 bits per heavy atom. The molecule has 0 radical (unpaired) electrons. The molecule has 1 heterocycles. The summed E-state index contributed by atoms with van der Waals surface area (Å²) >= 11 is 0. The maximum absolute atomic E-state index is 5.64. The van der Waals surface area contributed by atoms with Crippen LogP contribution >= 0.6 is 0 Å². The van der Waals surface area contributed by atoms with Crippen molar-refractivity contribution >= 4 is 0 Å². The predicted octanol–water partition coefficient (Wildman–Crippen LogP) is 4.34. The van der Waals surface area contributed by atoms with E-state index >= 15 is 0 Å². The Hall–Kier alpha value is -1.61. The van der Waals surface area contributed by atoms with Gasteiger partial charge in [0.1, 0.15) is 5.76 Å². The molecular weight excluding hydrogens is 260 g/mol. The summed E-state index contributed by atoms with van der Waals surface area (Å²) in [6.45, 7) is 11.2. The minimum absolute atomic E-state index is 0.309. The van der Waals surface area contributed by atoms with Crippen molar-refractivity contribution in [1.29, 1.82) is 0 Å². The molecular formula is C18H26N2O. The van der Waals surface area contributed by atoms with Gasteiger partial charge in [0, 0.05) is 6.04 Å². The van der Waals surface area contributed by atoms with Crippen molar-refractivity contribution < 1.29 is 4.42 Å². The first kappa shape index (κ1) is 15.8. The highest BCUT2D eigenvalue weighted by molar-refractivity contribution is 5.25. The molecule has 0 aliphatic rings. The van der Waals surface area contributed by atoms with Crippen LogP contribution in [0.3, 0.4) is 0 Å². The lowest BCUT2D eigenvalue weighted by atomic mass is 9.95. The third-order valence-corrected chi connectivity index (χ3v) is 3.96. The molecule has 2 aromatic rings. The largest absolute Gasteiger partial charge is 0.444 e. The molecule has 2 rings (SSSR count). The zero-order valence-corrected chi connectivity index (χ0v) is 13.7. The van der Waals surface area contributed by atoms with Gasteiger partial charge in [0.2, 0.25) is 5.89 Å². The maximum Gasteiger partial charge on any atom is 0.208 e. The molecule has 0 aliphatic carbocycles. The van der Waals surface area contributed by atoms with Crippen LogP contribution < -0.4 is 5.32 Å². The third-order valence-electron chi connectivity index (χ3n) is 3.96. The molecule has 1 unspecified atom stereocenters. The monoisotopic (exact) mass is 286 g/mol. The number of nitrogens with one attached hydrogen (secondary N) is 1. The highest BCUT2D eigenvalue weighted by atomic mass is 16.4. The summed E-state index contributed by atoms with van der Waals surface area (Å²) in [6, 6.07) is 9.19. The molecule has 1 aromatic heterocycles. The van der Waals surface area contributed by atoms with E-state index in [1.807, 2.05) is 13.8 Å². The first-order valence-corrected chi connectivity index (χ1v) is 7.76. The Labute approximate surface area is 127 Å². The first-order chi connectivity index (χ1) is 10.0. The Bertz CT molecular complexity index is 550. The van der Waals surface area contributed by atoms with Gasteiger partial charge in [0.15, 0.2) is 0 Å². The second kappa shape index (κ2) is 6.90. The Morgan fingerprint density at radius 2 is 1.81 bits per heavy atom. The van der Waals surface area contributed by atoms with Gasteiger partial charge in [-0.15, -0.1) is 0 Å². The second-order valence-electron chi connectivity index (χ2n) is 5.95. The van der Waals surface area contributed by atoms with Crippen LogP contribution in [0.2, 0.25) is 0 Å². The second-order valence-corrected chi connectivity index (χ2v) is 5.95. The fourth-order valence-corrected chi connectivity index (χ4v) is 2.51. The minimum atomic E-state index is 0.309. The number of rotatable bonds is 6. The van der Waals surface area contributed by atoms with Crippen LogP contribution in [0.4, 0.5) is 0 Å². The summed E-state index contributed by atoms with van der Waals surface area (Å²) in [5.74, 6) is 2.18. The van der Waals surface area contributed by atoms with Gasteiger partial charge in [0.25, 0.3) is 0 Å². The van der Waals surface area contributed by atoms with Crippen LogP contribution in [0, 0.1) is 19.8 Å². The molecule has 0 spiro atoms. The lowest BCUT2D eigenvalue weighted by molar-refractivity contribution is 0.373. The SMILES string of the molecule is CCc1ccc(C(NCc2nc(C)c(C)o2)C(C)C)cc1. The highest BCUT2D eigenvalue weighted by Gasteiger charge is 2.16. The fraction of sp³-hybridized carbons (Fsp3) is 0.500. The van der Waals surface area contributed by atoms with Gasteiger partial charge < -0.3 is 9.73 Å². The van der Waals surface area contributed by atoms with Crippen LogP contribution in [0.5, 0.6) is 0 Å². The molecule has 1 N–H and O–H groups in total. The molecule has 1 atom stereocenters. The van der Waals surface area contributed by atoms with E-state index in [9.17, 15) is 0 Å². The first-order valence-electron chi connectivity index (χ1n) is 7.76. The summed E-state index contributed by atoms with van der Waals surface area (Å²) in [4.78, 5) is 4.43. The van der Waals surface area contributed by atoms with E-state index in [4.69, 9.17) is 4.42 Å². The number of aromatic nitrogens is 1. The van der Waals surface area contributed by atoms with Gasteiger partial charge >= 0.3 is 0 Å². The van der Waals surface area contributed by atoms with Crippen LogP contribution in [-0.2, 0) is 13.0 Å². The normalized spacial score (nSPS) is 12.9. The Balaban J connectivity index is 2.07. The van der Waals surface area contributed by atoms with Crippen molar-refractivity contribution in [1.82, 2.24) is 10.3 Å². The molecule has 21 heavy (non-hydrogen) atoms. The summed E-state index contributed by atoms with van der Waals surface area (Å²) in [5, 5.41) is 3.57. The molecule has 3 nitrogen and oxygen atoms in total. The van der Waals surface area contributed by atoms with E-state index in [1.165, 1.54) is 11.1 Å². The predicted molar refractivity (Wildman–Crippen MR) is 86.2 cm³/mol. The smallest absolute Gasteiger partial charge is 0.208 e. The van der Waals surface area contributed by atoms with E-state index in [2.05, 4.69) is 55.3 Å². The standard InChI is InChI=1S/C18H26N2O/c1-6-15-7-9-16(10-8-15)18(12(2)3)19-11-17-20-13(4)14(5)21-17/h7-10,12,18-19H,6,11H2,1-5H3. The van der Waals surface area contributed by atoms with Crippen molar-refractivity contribution in [3.05, 3.63) is 52.7 Å². The van der Waals surface area contributed by atoms with Gasteiger partial charge in [0.05, 0.1) is 12.2 Å². The average molecular weight is 286 g/mol. The molecule has 1 aromatic carbocycles. The Morgan fingerprint density at radius 1 is 1.14 bits per heavy atom. The van der Waals surface area contributed by atoms with Crippen LogP contribution in [0.1, 0.15) is 55.3 Å². The average Bonchev–Trinajstić information content (AvgIpc) is 2.78. The van der Waals surface area contributed by atoms with Crippen molar-refractivity contribution in [2.75, 3.05) is 0 Å². The van der Waals surface area contributed by atoms with Crippen molar-refractivity contribution in [2.45, 2.75) is 53.6 Å². The van der Waals surface area contributed by atoms with Gasteiger partial charge in [-0.05, 0) is 37.3 Å². The van der Waals surface area contributed by atoms with Crippen molar-refractivity contribution in [3.8, 4) is 0 Å². The molecule has 0 saturated carbocycles. The van der Waals surface area contributed by atoms with E-state index in [-0.39, 0.29) is 0 Å². The molecule has 0 aliphatic heterocycles. The molecule has 0 saturated heterocycles. The van der Waals surface area contributed by atoms with E-state index in [0.29, 0.717) is 18.5 Å². The number of hydrogen-bond donors (Lipinski definition) is 1. The number of nitrogens with zero attached hydrogens (tertiary/aromatic N) is 1. The summed E-state index contributed by atoms with van der Waals surface area (Å²) < 4.78 is 5.64.